The molecule has 3 heterocycles. The number of amides is 1. The zero-order valence-corrected chi connectivity index (χ0v) is 15.7. The van der Waals surface area contributed by atoms with Gasteiger partial charge in [-0.25, -0.2) is 4.39 Å². The summed E-state index contributed by atoms with van der Waals surface area (Å²) in [5, 5.41) is 16.7. The number of carbonyl (C=O) groups is 1. The largest absolute Gasteiger partial charge is 0.471 e. The molecule has 0 aliphatic carbocycles. The lowest BCUT2D eigenvalue weighted by Crippen LogP contribution is -2.49. The lowest BCUT2D eigenvalue weighted by molar-refractivity contribution is -0.134. The van der Waals surface area contributed by atoms with E-state index in [1.165, 1.54) is 12.3 Å². The Morgan fingerprint density at radius 2 is 2.10 bits per heavy atom. The molecule has 1 aromatic carbocycles. The van der Waals surface area contributed by atoms with Crippen molar-refractivity contribution < 1.29 is 28.4 Å². The van der Waals surface area contributed by atoms with E-state index in [4.69, 9.17) is 19.2 Å². The lowest BCUT2D eigenvalue weighted by atomic mass is 10.0. The van der Waals surface area contributed by atoms with Crippen LogP contribution in [0.5, 0.6) is 5.88 Å². The van der Waals surface area contributed by atoms with Gasteiger partial charge in [0.25, 0.3) is 5.88 Å². The Hall–Kier alpha value is -3.14. The second-order valence-electron chi connectivity index (χ2n) is 6.81. The minimum absolute atomic E-state index is 0.261. The molecule has 0 saturated carbocycles. The SMILES string of the molecule is O=C(CO)N1CCN(c2ccc(C3=NO[C@H](COc4ccon4)C3)cc2F)CC1. The topological polar surface area (TPSA) is 101 Å². The normalized spacial score (nSPS) is 19.1. The Morgan fingerprint density at radius 1 is 1.28 bits per heavy atom. The number of aromatic nitrogens is 1. The van der Waals surface area contributed by atoms with Crippen LogP contribution >= 0.6 is 0 Å². The Bertz CT molecular complexity index is 881. The highest BCUT2D eigenvalue weighted by molar-refractivity contribution is 6.01. The van der Waals surface area contributed by atoms with Crippen LogP contribution < -0.4 is 9.64 Å². The smallest absolute Gasteiger partial charge is 0.254 e. The number of benzene rings is 1. The predicted molar refractivity (Wildman–Crippen MR) is 100 cm³/mol. The Balaban J connectivity index is 1.34. The molecular weight excluding hydrogens is 383 g/mol. The molecule has 2 aliphatic rings. The van der Waals surface area contributed by atoms with Crippen LogP contribution in [0.1, 0.15) is 12.0 Å². The highest BCUT2D eigenvalue weighted by atomic mass is 19.1. The third-order valence-electron chi connectivity index (χ3n) is 4.95. The van der Waals surface area contributed by atoms with E-state index in [1.54, 1.807) is 17.0 Å². The number of aliphatic hydroxyl groups is 1. The van der Waals surface area contributed by atoms with E-state index in [0.29, 0.717) is 55.4 Å². The van der Waals surface area contributed by atoms with E-state index in [9.17, 15) is 9.18 Å². The van der Waals surface area contributed by atoms with E-state index < -0.39 is 6.61 Å². The number of oxime groups is 1. The van der Waals surface area contributed by atoms with Crippen LogP contribution in [0.3, 0.4) is 0 Å². The number of hydrogen-bond acceptors (Lipinski definition) is 8. The summed E-state index contributed by atoms with van der Waals surface area (Å²) in [7, 11) is 0. The molecule has 0 spiro atoms. The quantitative estimate of drug-likeness (QED) is 0.767. The number of anilines is 1. The summed E-state index contributed by atoms with van der Waals surface area (Å²) >= 11 is 0. The molecule has 1 saturated heterocycles. The Morgan fingerprint density at radius 3 is 2.79 bits per heavy atom. The molecule has 1 fully saturated rings. The van der Waals surface area contributed by atoms with Crippen molar-refractivity contribution in [3.05, 3.63) is 41.9 Å². The maximum absolute atomic E-state index is 14.7. The Labute approximate surface area is 166 Å². The number of rotatable bonds is 6. The number of aliphatic hydroxyl groups excluding tert-OH is 1. The molecule has 154 valence electrons. The number of carbonyl (C=O) groups excluding carboxylic acids is 1. The maximum atomic E-state index is 14.7. The molecule has 1 N–H and O–H groups in total. The minimum Gasteiger partial charge on any atom is -0.471 e. The van der Waals surface area contributed by atoms with E-state index in [2.05, 4.69) is 10.3 Å². The third kappa shape index (κ3) is 4.32. The molecule has 1 atom stereocenters. The third-order valence-corrected chi connectivity index (χ3v) is 4.95. The number of piperazine rings is 1. The lowest BCUT2D eigenvalue weighted by Gasteiger charge is -2.36. The van der Waals surface area contributed by atoms with Crippen LogP contribution in [0.25, 0.3) is 0 Å². The van der Waals surface area contributed by atoms with Crippen LogP contribution in [0.4, 0.5) is 10.1 Å². The monoisotopic (exact) mass is 404 g/mol. The molecule has 0 unspecified atom stereocenters. The van der Waals surface area contributed by atoms with Crippen molar-refractivity contribution in [1.82, 2.24) is 10.1 Å². The van der Waals surface area contributed by atoms with E-state index >= 15 is 0 Å². The summed E-state index contributed by atoms with van der Waals surface area (Å²) < 4.78 is 24.9. The van der Waals surface area contributed by atoms with Gasteiger partial charge in [0.1, 0.15) is 25.3 Å². The van der Waals surface area contributed by atoms with E-state index in [0.717, 1.165) is 0 Å². The summed E-state index contributed by atoms with van der Waals surface area (Å²) in [4.78, 5) is 20.4. The van der Waals surface area contributed by atoms with Gasteiger partial charge in [-0.2, -0.15) is 0 Å². The van der Waals surface area contributed by atoms with Crippen molar-refractivity contribution in [1.29, 1.82) is 0 Å². The fourth-order valence-electron chi connectivity index (χ4n) is 3.38. The highest BCUT2D eigenvalue weighted by Gasteiger charge is 2.26. The molecule has 1 aromatic heterocycles. The van der Waals surface area contributed by atoms with Crippen LogP contribution in [-0.4, -0.2) is 72.3 Å². The molecule has 0 radical (unpaired) electrons. The first-order valence-corrected chi connectivity index (χ1v) is 9.33. The summed E-state index contributed by atoms with van der Waals surface area (Å²) in [6, 6.07) is 6.58. The fourth-order valence-corrected chi connectivity index (χ4v) is 3.38. The minimum atomic E-state index is -0.502. The summed E-state index contributed by atoms with van der Waals surface area (Å²) in [6.45, 7) is 1.68. The first kappa shape index (κ1) is 19.2. The van der Waals surface area contributed by atoms with Crippen molar-refractivity contribution in [2.75, 3.05) is 44.3 Å². The molecule has 2 aromatic rings. The van der Waals surface area contributed by atoms with Crippen LogP contribution in [-0.2, 0) is 9.63 Å². The molecule has 9 nitrogen and oxygen atoms in total. The molecule has 2 aliphatic heterocycles. The first-order valence-electron chi connectivity index (χ1n) is 9.33. The van der Waals surface area contributed by atoms with Crippen LogP contribution in [0, 0.1) is 5.82 Å². The number of halogens is 1. The second kappa shape index (κ2) is 8.48. The van der Waals surface area contributed by atoms with Gasteiger partial charge in [0.05, 0.1) is 11.4 Å². The van der Waals surface area contributed by atoms with Gasteiger partial charge in [0, 0.05) is 44.2 Å². The van der Waals surface area contributed by atoms with Crippen LogP contribution in [0.2, 0.25) is 0 Å². The predicted octanol–water partition coefficient (Wildman–Crippen LogP) is 1.03. The van der Waals surface area contributed by atoms with Crippen molar-refractivity contribution in [3.63, 3.8) is 0 Å². The standard InChI is InChI=1S/C19H21FN4O5/c20-15-9-13(16-10-14(29-21-16)12-27-18-3-8-28-22-18)1-2-17(15)23-4-6-24(7-5-23)19(26)11-25/h1-3,8-9,14,25H,4-7,10-12H2/t14-/m0/s1. The van der Waals surface area contributed by atoms with Gasteiger partial charge < -0.3 is 29.0 Å². The number of ether oxygens (including phenoxy) is 1. The highest BCUT2D eigenvalue weighted by Crippen LogP contribution is 2.25. The van der Waals surface area contributed by atoms with Gasteiger partial charge in [0.2, 0.25) is 5.91 Å². The summed E-state index contributed by atoms with van der Waals surface area (Å²) in [6.07, 6.45) is 1.64. The average molecular weight is 404 g/mol. The zero-order valence-electron chi connectivity index (χ0n) is 15.7. The van der Waals surface area contributed by atoms with Crippen molar-refractivity contribution >= 4 is 17.3 Å². The zero-order chi connectivity index (χ0) is 20.2. The van der Waals surface area contributed by atoms with Crippen molar-refractivity contribution in [3.8, 4) is 5.88 Å². The van der Waals surface area contributed by atoms with Crippen LogP contribution in [0.15, 0.2) is 40.2 Å². The van der Waals surface area contributed by atoms with Gasteiger partial charge in [-0.15, -0.1) is 0 Å². The fraction of sp³-hybridized carbons (Fsp3) is 0.421. The van der Waals surface area contributed by atoms with Crippen molar-refractivity contribution in [2.24, 2.45) is 5.16 Å². The molecule has 0 bridgehead atoms. The molecular formula is C19H21FN4O5. The second-order valence-corrected chi connectivity index (χ2v) is 6.81. The van der Waals surface area contributed by atoms with E-state index in [1.807, 2.05) is 11.0 Å². The Kier molecular flexibility index (Phi) is 5.61. The molecule has 4 rings (SSSR count). The van der Waals surface area contributed by atoms with Gasteiger partial charge >= 0.3 is 0 Å². The van der Waals surface area contributed by atoms with Gasteiger partial charge in [-0.1, -0.05) is 11.2 Å². The summed E-state index contributed by atoms with van der Waals surface area (Å²) in [5.74, 6) is -0.283. The summed E-state index contributed by atoms with van der Waals surface area (Å²) in [5.41, 5.74) is 1.79. The maximum Gasteiger partial charge on any atom is 0.254 e. The number of nitrogens with zero attached hydrogens (tertiary/aromatic N) is 4. The van der Waals surface area contributed by atoms with Gasteiger partial charge in [0.15, 0.2) is 6.10 Å². The van der Waals surface area contributed by atoms with Crippen molar-refractivity contribution in [2.45, 2.75) is 12.5 Å². The molecule has 10 heteroatoms. The molecule has 29 heavy (non-hydrogen) atoms. The molecule has 1 amide bonds. The van der Waals surface area contributed by atoms with Gasteiger partial charge in [-0.05, 0) is 17.3 Å². The van der Waals surface area contributed by atoms with Gasteiger partial charge in [-0.3, -0.25) is 4.79 Å². The average Bonchev–Trinajstić information content (AvgIpc) is 3.44. The number of hydrogen-bond donors (Lipinski definition) is 1. The first-order chi connectivity index (χ1) is 14.1. The van der Waals surface area contributed by atoms with E-state index in [-0.39, 0.29) is 24.4 Å².